The third-order valence-electron chi connectivity index (χ3n) is 13.8. The minimum Gasteiger partial charge on any atom is -0.309 e. The van der Waals surface area contributed by atoms with Crippen molar-refractivity contribution in [2.75, 3.05) is 9.80 Å². The summed E-state index contributed by atoms with van der Waals surface area (Å²) in [5.41, 5.74) is 16.8. The Balaban J connectivity index is 1.11. The summed E-state index contributed by atoms with van der Waals surface area (Å²) < 4.78 is 4.87. The molecule has 0 fully saturated rings. The summed E-state index contributed by atoms with van der Waals surface area (Å²) in [5.74, 6) is 0. The Hall–Kier alpha value is -7.27. The molecule has 0 unspecified atom stereocenters. The van der Waals surface area contributed by atoms with Gasteiger partial charge in [0.2, 0.25) is 0 Å². The number of nitrogens with zero attached hydrogens (tertiary/aromatic N) is 4. The van der Waals surface area contributed by atoms with Crippen molar-refractivity contribution in [1.29, 1.82) is 0 Å². The van der Waals surface area contributed by atoms with Crippen LogP contribution in [0.15, 0.2) is 182 Å². The monoisotopic (exact) mass is 874 g/mol. The van der Waals surface area contributed by atoms with Crippen LogP contribution < -0.4 is 9.80 Å². The molecule has 11 aromatic rings. The Kier molecular flexibility index (Phi) is 8.92. The first-order valence-corrected chi connectivity index (χ1v) is 23.4. The topological polar surface area (TPSA) is 16.3 Å². The average Bonchev–Trinajstić information content (AvgIpc) is 3.83. The number of para-hydroxylation sites is 4. The Labute approximate surface area is 391 Å². The van der Waals surface area contributed by atoms with Gasteiger partial charge in [-0.1, -0.05) is 150 Å². The molecule has 5 heteroatoms. The number of benzene rings is 9. The molecule has 2 aromatic heterocycles. The van der Waals surface area contributed by atoms with Crippen LogP contribution in [0, 0.1) is 6.92 Å². The summed E-state index contributed by atoms with van der Waals surface area (Å²) in [4.78, 5) is 4.75. The van der Waals surface area contributed by atoms with Gasteiger partial charge in [-0.15, -0.1) is 0 Å². The van der Waals surface area contributed by atoms with Crippen LogP contribution in [0.1, 0.15) is 58.2 Å². The molecule has 0 amide bonds. The zero-order chi connectivity index (χ0) is 45.2. The Bertz CT molecular complexity index is 3700. The van der Waals surface area contributed by atoms with Gasteiger partial charge in [-0.3, -0.25) is 0 Å². The predicted molar refractivity (Wildman–Crippen MR) is 283 cm³/mol. The highest BCUT2D eigenvalue weighted by molar-refractivity contribution is 6.37. The Morgan fingerprint density at radius 1 is 0.424 bits per heavy atom. The Morgan fingerprint density at radius 3 is 1.73 bits per heavy atom. The van der Waals surface area contributed by atoms with Gasteiger partial charge in [0.25, 0.3) is 0 Å². The Morgan fingerprint density at radius 2 is 1.00 bits per heavy atom. The summed E-state index contributed by atoms with van der Waals surface area (Å²) in [6.07, 6.45) is 0. The van der Waals surface area contributed by atoms with Crippen LogP contribution in [0.25, 0.3) is 65.8 Å². The number of aryl methyl sites for hydroxylation is 1. The fraction of sp³-hybridized carbons (Fsp3) is 0.148. The molecule has 0 atom stereocenters. The molecule has 0 N–H and O–H groups in total. The minimum absolute atomic E-state index is 0.0102. The van der Waals surface area contributed by atoms with E-state index in [0.717, 1.165) is 61.8 Å². The molecule has 0 radical (unpaired) electrons. The molecule has 66 heavy (non-hydrogen) atoms. The van der Waals surface area contributed by atoms with Crippen molar-refractivity contribution in [2.45, 2.75) is 59.3 Å². The largest absolute Gasteiger partial charge is 0.309 e. The normalized spacial score (nSPS) is 12.8. The summed E-state index contributed by atoms with van der Waals surface area (Å²) in [7, 11) is 0. The zero-order valence-corrected chi connectivity index (χ0v) is 39.2. The highest BCUT2D eigenvalue weighted by Gasteiger charge is 2.32. The van der Waals surface area contributed by atoms with E-state index < -0.39 is 0 Å². The smallest absolute Gasteiger partial charge is 0.0887 e. The maximum atomic E-state index is 8.07. The summed E-state index contributed by atoms with van der Waals surface area (Å²) in [5, 5.41) is 7.95. The summed E-state index contributed by atoms with van der Waals surface area (Å²) in [6, 6.07) is 66.9. The number of aromatic nitrogens is 2. The molecule has 0 bridgehead atoms. The fourth-order valence-electron chi connectivity index (χ4n) is 10.5. The maximum Gasteiger partial charge on any atom is 0.0887 e. The van der Waals surface area contributed by atoms with Crippen LogP contribution in [0.5, 0.6) is 0 Å². The average molecular weight is 876 g/mol. The SMILES string of the molecule is Cc1cc(N(c2cccc(-n3c4ccc(C(C)(C)C)cc4c4cc(C(C)(C)C)ccc43)c2)c2cccc3ccccc23)c(Cl)c(N2c3ccccc3-n3c4ccccc4c4cccc2c43)c1. The maximum absolute atomic E-state index is 8.07. The van der Waals surface area contributed by atoms with Gasteiger partial charge in [-0.05, 0) is 125 Å². The molecule has 0 saturated heterocycles. The number of hydrogen-bond donors (Lipinski definition) is 0. The van der Waals surface area contributed by atoms with E-state index in [4.69, 9.17) is 11.6 Å². The van der Waals surface area contributed by atoms with Crippen LogP contribution in [0.3, 0.4) is 0 Å². The molecule has 3 heterocycles. The van der Waals surface area contributed by atoms with Crippen LogP contribution in [0.2, 0.25) is 5.02 Å². The molecular weight excluding hydrogens is 824 g/mol. The molecule has 1 aliphatic rings. The number of rotatable bonds is 5. The third-order valence-corrected chi connectivity index (χ3v) is 14.2. The molecule has 0 aliphatic carbocycles. The first-order valence-electron chi connectivity index (χ1n) is 23.0. The summed E-state index contributed by atoms with van der Waals surface area (Å²) >= 11 is 8.07. The molecular formula is C61H51ClN4. The lowest BCUT2D eigenvalue weighted by molar-refractivity contribution is 0.590. The van der Waals surface area contributed by atoms with Gasteiger partial charge in [-0.2, -0.15) is 0 Å². The second kappa shape index (κ2) is 14.6. The molecule has 4 nitrogen and oxygen atoms in total. The van der Waals surface area contributed by atoms with Crippen molar-refractivity contribution in [1.82, 2.24) is 9.13 Å². The van der Waals surface area contributed by atoms with Crippen molar-refractivity contribution < 1.29 is 0 Å². The van der Waals surface area contributed by atoms with Gasteiger partial charge in [0.15, 0.2) is 0 Å². The van der Waals surface area contributed by atoms with E-state index in [1.54, 1.807) is 0 Å². The van der Waals surface area contributed by atoms with Crippen LogP contribution >= 0.6 is 11.6 Å². The quantitative estimate of drug-likeness (QED) is 0.171. The van der Waals surface area contributed by atoms with Crippen molar-refractivity contribution in [3.63, 3.8) is 0 Å². The number of hydrogen-bond acceptors (Lipinski definition) is 2. The zero-order valence-electron chi connectivity index (χ0n) is 38.5. The molecule has 12 rings (SSSR count). The van der Waals surface area contributed by atoms with Gasteiger partial charge in [0.1, 0.15) is 0 Å². The first kappa shape index (κ1) is 40.3. The lowest BCUT2D eigenvalue weighted by Crippen LogP contribution is -2.19. The molecule has 9 aromatic carbocycles. The molecule has 0 saturated carbocycles. The minimum atomic E-state index is 0.0102. The summed E-state index contributed by atoms with van der Waals surface area (Å²) in [6.45, 7) is 16.0. The van der Waals surface area contributed by atoms with Crippen molar-refractivity contribution in [2.24, 2.45) is 0 Å². The van der Waals surface area contributed by atoms with E-state index in [1.807, 2.05) is 0 Å². The van der Waals surface area contributed by atoms with E-state index in [9.17, 15) is 0 Å². The second-order valence-corrected chi connectivity index (χ2v) is 20.5. The van der Waals surface area contributed by atoms with Crippen molar-refractivity contribution >= 4 is 100 Å². The fourth-order valence-corrected chi connectivity index (χ4v) is 10.8. The van der Waals surface area contributed by atoms with E-state index >= 15 is 0 Å². The van der Waals surface area contributed by atoms with Gasteiger partial charge in [-0.25, -0.2) is 0 Å². The van der Waals surface area contributed by atoms with Gasteiger partial charge < -0.3 is 18.9 Å². The highest BCUT2D eigenvalue weighted by atomic mass is 35.5. The van der Waals surface area contributed by atoms with Gasteiger partial charge in [0.05, 0.1) is 61.2 Å². The molecule has 1 aliphatic heterocycles. The number of anilines is 6. The van der Waals surface area contributed by atoms with E-state index in [2.05, 4.69) is 249 Å². The van der Waals surface area contributed by atoms with Crippen LogP contribution in [-0.2, 0) is 10.8 Å². The van der Waals surface area contributed by atoms with Crippen molar-refractivity contribution in [3.8, 4) is 11.4 Å². The standard InChI is InChI=1S/C61H51ClN4/c1-38-33-56(58(62)57(34-38)65-53-25-12-13-26-54(53)66-50-24-11-10-22-45(50)46-23-16-28-55(65)59(46)66)64(49-27-14-18-39-17-8-9-21-44(39)49)43-20-15-19-42(37-43)63-51-31-29-40(60(2,3)4)35-47(51)48-36-41(61(5,6)7)30-32-52(48)63/h8-37H,1-7H3. The number of halogens is 1. The van der Waals surface area contributed by atoms with Gasteiger partial charge in [0, 0.05) is 38.3 Å². The first-order chi connectivity index (χ1) is 31.8. The number of fused-ring (bicyclic) bond motifs is 9. The second-order valence-electron chi connectivity index (χ2n) is 20.1. The van der Waals surface area contributed by atoms with Crippen molar-refractivity contribution in [3.05, 3.63) is 204 Å². The lowest BCUT2D eigenvalue weighted by Gasteiger charge is -2.35. The van der Waals surface area contributed by atoms with Gasteiger partial charge >= 0.3 is 0 Å². The van der Waals surface area contributed by atoms with E-state index in [0.29, 0.717) is 5.02 Å². The third kappa shape index (κ3) is 6.12. The lowest BCUT2D eigenvalue weighted by atomic mass is 9.85. The molecule has 0 spiro atoms. The van der Waals surface area contributed by atoms with Crippen LogP contribution in [0.4, 0.5) is 34.1 Å². The van der Waals surface area contributed by atoms with E-state index in [-0.39, 0.29) is 10.8 Å². The van der Waals surface area contributed by atoms with Crippen LogP contribution in [-0.4, -0.2) is 9.13 Å². The highest BCUT2D eigenvalue weighted by Crippen LogP contribution is 2.54. The molecule has 322 valence electrons. The van der Waals surface area contributed by atoms with E-state index in [1.165, 1.54) is 54.7 Å². The predicted octanol–water partition coefficient (Wildman–Crippen LogP) is 17.8.